The highest BCUT2D eigenvalue weighted by Gasteiger charge is 2.33. The number of phenolic OH excluding ortho intramolecular Hbond substituents is 1. The number of carbonyl (C=O) groups is 1. The number of fused-ring (bicyclic) bond motifs is 1. The molecule has 10 heteroatoms. The SMILES string of the molecule is CN1CCN(C(=O)c2ccc(-c3cc4c(O)c(-c5cc(C(F)(F)F)[nH]n5)ccc4o3)cc2)CC1. The smallest absolute Gasteiger partial charge is 0.432 e. The molecule has 1 amide bonds. The normalized spacial score (nSPS) is 15.2. The molecule has 5 rings (SSSR count). The van der Waals surface area contributed by atoms with Crippen molar-refractivity contribution in [2.45, 2.75) is 6.18 Å². The molecule has 1 saturated heterocycles. The van der Waals surface area contributed by atoms with Crippen LogP contribution in [0.1, 0.15) is 16.1 Å². The predicted molar refractivity (Wildman–Crippen MR) is 119 cm³/mol. The van der Waals surface area contributed by atoms with Gasteiger partial charge in [-0.05, 0) is 43.4 Å². The molecule has 3 heterocycles. The Kier molecular flexibility index (Phi) is 5.32. The highest BCUT2D eigenvalue weighted by molar-refractivity contribution is 5.96. The number of rotatable bonds is 3. The number of nitrogens with one attached hydrogen (secondary N) is 1. The van der Waals surface area contributed by atoms with Gasteiger partial charge in [-0.25, -0.2) is 0 Å². The van der Waals surface area contributed by atoms with E-state index in [4.69, 9.17) is 4.42 Å². The third-order valence-corrected chi connectivity index (χ3v) is 6.04. The van der Waals surface area contributed by atoms with Crippen LogP contribution < -0.4 is 0 Å². The van der Waals surface area contributed by atoms with E-state index >= 15 is 0 Å². The third kappa shape index (κ3) is 4.01. The summed E-state index contributed by atoms with van der Waals surface area (Å²) in [6, 6.07) is 12.5. The molecule has 0 spiro atoms. The second-order valence-electron chi connectivity index (χ2n) is 8.32. The first-order valence-electron chi connectivity index (χ1n) is 10.7. The predicted octanol–water partition coefficient (Wildman–Crippen LogP) is 4.60. The first-order valence-corrected chi connectivity index (χ1v) is 10.7. The first kappa shape index (κ1) is 22.0. The minimum absolute atomic E-state index is 0.0243. The van der Waals surface area contributed by atoms with Gasteiger partial charge in [0.05, 0.1) is 11.1 Å². The van der Waals surface area contributed by atoms with Crippen LogP contribution in [0.15, 0.2) is 52.9 Å². The van der Waals surface area contributed by atoms with Gasteiger partial charge < -0.3 is 19.3 Å². The molecule has 176 valence electrons. The maximum absolute atomic E-state index is 12.9. The summed E-state index contributed by atoms with van der Waals surface area (Å²) in [5, 5.41) is 16.7. The van der Waals surface area contributed by atoms with Gasteiger partial charge in [0, 0.05) is 42.9 Å². The van der Waals surface area contributed by atoms with Gasteiger partial charge in [-0.2, -0.15) is 18.3 Å². The number of H-pyrrole nitrogens is 1. The van der Waals surface area contributed by atoms with Crippen molar-refractivity contribution in [3.63, 3.8) is 0 Å². The lowest BCUT2D eigenvalue weighted by atomic mass is 10.1. The molecule has 0 atom stereocenters. The average molecular weight is 470 g/mol. The Morgan fingerprint density at radius 3 is 2.41 bits per heavy atom. The number of benzene rings is 2. The number of carbonyl (C=O) groups excluding carboxylic acids is 1. The Morgan fingerprint density at radius 1 is 1.06 bits per heavy atom. The van der Waals surface area contributed by atoms with E-state index in [1.807, 2.05) is 17.0 Å². The van der Waals surface area contributed by atoms with E-state index in [2.05, 4.69) is 10.00 Å². The molecule has 7 nitrogen and oxygen atoms in total. The summed E-state index contributed by atoms with van der Waals surface area (Å²) in [4.78, 5) is 16.8. The van der Waals surface area contributed by atoms with Crippen LogP contribution in [0.4, 0.5) is 13.2 Å². The van der Waals surface area contributed by atoms with Crippen molar-refractivity contribution in [1.29, 1.82) is 0 Å². The number of aromatic nitrogens is 2. The fraction of sp³-hybridized carbons (Fsp3) is 0.250. The maximum Gasteiger partial charge on any atom is 0.432 e. The van der Waals surface area contributed by atoms with Crippen molar-refractivity contribution in [1.82, 2.24) is 20.0 Å². The Bertz CT molecular complexity index is 1350. The molecular weight excluding hydrogens is 449 g/mol. The van der Waals surface area contributed by atoms with E-state index in [1.165, 1.54) is 6.07 Å². The summed E-state index contributed by atoms with van der Waals surface area (Å²) in [5.74, 6) is 0.206. The molecule has 0 unspecified atom stereocenters. The third-order valence-electron chi connectivity index (χ3n) is 6.04. The zero-order valence-electron chi connectivity index (χ0n) is 18.2. The van der Waals surface area contributed by atoms with E-state index in [1.54, 1.807) is 36.4 Å². The second kappa shape index (κ2) is 8.21. The monoisotopic (exact) mass is 470 g/mol. The summed E-state index contributed by atoms with van der Waals surface area (Å²) in [7, 11) is 2.03. The van der Waals surface area contributed by atoms with Gasteiger partial charge in [0.2, 0.25) is 0 Å². The maximum atomic E-state index is 12.9. The zero-order valence-corrected chi connectivity index (χ0v) is 18.2. The van der Waals surface area contributed by atoms with Crippen LogP contribution in [0.25, 0.3) is 33.6 Å². The molecular formula is C24H21F3N4O3. The fourth-order valence-electron chi connectivity index (χ4n) is 4.02. The molecule has 1 fully saturated rings. The lowest BCUT2D eigenvalue weighted by Gasteiger charge is -2.32. The topological polar surface area (TPSA) is 85.6 Å². The molecule has 2 N–H and O–H groups in total. The molecule has 0 saturated carbocycles. The number of piperazine rings is 1. The van der Waals surface area contributed by atoms with Crippen LogP contribution in [0.5, 0.6) is 5.75 Å². The van der Waals surface area contributed by atoms with Gasteiger partial charge in [-0.15, -0.1) is 0 Å². The van der Waals surface area contributed by atoms with E-state index < -0.39 is 11.9 Å². The molecule has 0 bridgehead atoms. The van der Waals surface area contributed by atoms with Crippen LogP contribution in [0.3, 0.4) is 0 Å². The average Bonchev–Trinajstić information content (AvgIpc) is 3.48. The number of furan rings is 1. The van der Waals surface area contributed by atoms with E-state index in [0.717, 1.165) is 19.2 Å². The van der Waals surface area contributed by atoms with Crippen molar-refractivity contribution in [2.75, 3.05) is 33.2 Å². The second-order valence-corrected chi connectivity index (χ2v) is 8.32. The largest absolute Gasteiger partial charge is 0.506 e. The summed E-state index contributed by atoms with van der Waals surface area (Å²) in [6.45, 7) is 3.04. The van der Waals surface area contributed by atoms with Crippen LogP contribution in [0.2, 0.25) is 0 Å². The number of nitrogens with zero attached hydrogens (tertiary/aromatic N) is 3. The minimum atomic E-state index is -4.56. The molecule has 0 radical (unpaired) electrons. The zero-order chi connectivity index (χ0) is 24.0. The number of amides is 1. The fourth-order valence-corrected chi connectivity index (χ4v) is 4.02. The number of aromatic amines is 1. The van der Waals surface area contributed by atoms with Gasteiger partial charge >= 0.3 is 6.18 Å². The van der Waals surface area contributed by atoms with Gasteiger partial charge in [-0.3, -0.25) is 9.89 Å². The van der Waals surface area contributed by atoms with E-state index in [-0.39, 0.29) is 22.9 Å². The van der Waals surface area contributed by atoms with Crippen LogP contribution >= 0.6 is 0 Å². The van der Waals surface area contributed by atoms with Crippen molar-refractivity contribution < 1.29 is 27.5 Å². The molecule has 0 aliphatic carbocycles. The van der Waals surface area contributed by atoms with Crippen molar-refractivity contribution in [3.05, 3.63) is 59.8 Å². The van der Waals surface area contributed by atoms with Crippen LogP contribution in [0, 0.1) is 0 Å². The van der Waals surface area contributed by atoms with Gasteiger partial charge in [0.25, 0.3) is 5.91 Å². The summed E-state index contributed by atoms with van der Waals surface area (Å²) in [6.07, 6.45) is -4.56. The molecule has 1 aliphatic rings. The lowest BCUT2D eigenvalue weighted by Crippen LogP contribution is -2.47. The summed E-state index contributed by atoms with van der Waals surface area (Å²) < 4.78 is 44.5. The Morgan fingerprint density at radius 2 is 1.76 bits per heavy atom. The molecule has 2 aromatic carbocycles. The first-order chi connectivity index (χ1) is 16.2. The molecule has 34 heavy (non-hydrogen) atoms. The summed E-state index contributed by atoms with van der Waals surface area (Å²) in [5.41, 5.74) is 0.780. The number of halogens is 3. The van der Waals surface area contributed by atoms with Crippen LogP contribution in [-0.2, 0) is 6.18 Å². The number of alkyl halides is 3. The van der Waals surface area contributed by atoms with Crippen molar-refractivity contribution in [2.24, 2.45) is 0 Å². The van der Waals surface area contributed by atoms with Crippen LogP contribution in [-0.4, -0.2) is 64.2 Å². The quantitative estimate of drug-likeness (QED) is 0.457. The Balaban J connectivity index is 1.41. The van der Waals surface area contributed by atoms with Gasteiger partial charge in [0.15, 0.2) is 0 Å². The molecule has 1 aliphatic heterocycles. The number of hydrogen-bond donors (Lipinski definition) is 2. The van der Waals surface area contributed by atoms with E-state index in [0.29, 0.717) is 40.9 Å². The number of hydrogen-bond acceptors (Lipinski definition) is 5. The standard InChI is InChI=1S/C24H21F3N4O3/c1-30-8-10-31(11-9-30)23(33)15-4-2-14(3-5-15)20-12-17-19(34-20)7-6-16(22(17)32)18-13-21(29-28-18)24(25,26)27/h2-7,12-13,32H,8-11H2,1H3,(H,28,29). The lowest BCUT2D eigenvalue weighted by molar-refractivity contribution is -0.141. The highest BCUT2D eigenvalue weighted by Crippen LogP contribution is 2.40. The van der Waals surface area contributed by atoms with Gasteiger partial charge in [0.1, 0.15) is 22.8 Å². The van der Waals surface area contributed by atoms with Crippen molar-refractivity contribution in [3.8, 4) is 28.3 Å². The molecule has 2 aromatic heterocycles. The van der Waals surface area contributed by atoms with Gasteiger partial charge in [-0.1, -0.05) is 12.1 Å². The highest BCUT2D eigenvalue weighted by atomic mass is 19.4. The van der Waals surface area contributed by atoms with E-state index in [9.17, 15) is 23.1 Å². The number of phenols is 1. The van der Waals surface area contributed by atoms with Crippen molar-refractivity contribution >= 4 is 16.9 Å². The molecule has 4 aromatic rings. The Labute approximate surface area is 192 Å². The number of aromatic hydroxyl groups is 1. The Hall–Kier alpha value is -3.79. The minimum Gasteiger partial charge on any atom is -0.506 e. The summed E-state index contributed by atoms with van der Waals surface area (Å²) >= 11 is 0. The number of likely N-dealkylation sites (N-methyl/N-ethyl adjacent to an activating group) is 1.